The van der Waals surface area contributed by atoms with Crippen molar-refractivity contribution >= 4 is 0 Å². The Bertz CT molecular complexity index is 525. The van der Waals surface area contributed by atoms with Crippen LogP contribution in [0.4, 0.5) is 0 Å². The quantitative estimate of drug-likeness (QED) is 0.849. The van der Waals surface area contributed by atoms with Crippen molar-refractivity contribution in [1.82, 2.24) is 4.90 Å². The maximum atomic E-state index is 9.72. The Morgan fingerprint density at radius 1 is 1.00 bits per heavy atom. The van der Waals surface area contributed by atoms with Gasteiger partial charge in [-0.3, -0.25) is 4.90 Å². The van der Waals surface area contributed by atoms with Gasteiger partial charge >= 0.3 is 0 Å². The van der Waals surface area contributed by atoms with Crippen molar-refractivity contribution in [1.29, 1.82) is 0 Å². The third kappa shape index (κ3) is 4.97. The molecule has 1 N–H and O–H groups in total. The molecule has 2 aromatic rings. The van der Waals surface area contributed by atoms with E-state index in [0.717, 1.165) is 6.54 Å². The maximum Gasteiger partial charge on any atom is 0.0900 e. The smallest absolute Gasteiger partial charge is 0.0900 e. The van der Waals surface area contributed by atoms with Gasteiger partial charge < -0.3 is 9.84 Å². The first kappa shape index (κ1) is 15.7. The number of methoxy groups -OCH3 is 1. The second-order valence-electron chi connectivity index (χ2n) is 5.37. The molecule has 0 fully saturated rings. The maximum absolute atomic E-state index is 9.72. The molecular weight excluding hydrogens is 262 g/mol. The highest BCUT2D eigenvalue weighted by molar-refractivity contribution is 5.63. The van der Waals surface area contributed by atoms with E-state index in [-0.39, 0.29) is 0 Å². The molecule has 2 rings (SSSR count). The molecule has 0 saturated heterocycles. The SMILES string of the molecule is COCC(O)CN(C)Cc1ccc(-c2ccccc2)cc1. The average Bonchev–Trinajstić information content (AvgIpc) is 2.49. The van der Waals surface area contributed by atoms with Crippen LogP contribution >= 0.6 is 0 Å². The van der Waals surface area contributed by atoms with Gasteiger partial charge in [0.15, 0.2) is 0 Å². The molecule has 1 unspecified atom stereocenters. The molecule has 0 saturated carbocycles. The van der Waals surface area contributed by atoms with Crippen LogP contribution in [0.15, 0.2) is 54.6 Å². The van der Waals surface area contributed by atoms with Crippen molar-refractivity contribution in [3.8, 4) is 11.1 Å². The fraction of sp³-hybridized carbons (Fsp3) is 0.333. The Morgan fingerprint density at radius 2 is 1.62 bits per heavy atom. The van der Waals surface area contributed by atoms with E-state index in [0.29, 0.717) is 13.2 Å². The minimum atomic E-state index is -0.441. The first-order valence-electron chi connectivity index (χ1n) is 7.19. The highest BCUT2D eigenvalue weighted by Gasteiger charge is 2.08. The molecule has 2 aromatic carbocycles. The monoisotopic (exact) mass is 285 g/mol. The van der Waals surface area contributed by atoms with E-state index in [2.05, 4.69) is 41.3 Å². The predicted molar refractivity (Wildman–Crippen MR) is 86.1 cm³/mol. The van der Waals surface area contributed by atoms with Gasteiger partial charge in [-0.15, -0.1) is 0 Å². The summed E-state index contributed by atoms with van der Waals surface area (Å²) in [4.78, 5) is 2.10. The third-order valence-corrected chi connectivity index (χ3v) is 3.40. The average molecular weight is 285 g/mol. The second-order valence-corrected chi connectivity index (χ2v) is 5.37. The van der Waals surface area contributed by atoms with Crippen molar-refractivity contribution in [2.45, 2.75) is 12.6 Å². The van der Waals surface area contributed by atoms with E-state index in [1.165, 1.54) is 16.7 Å². The van der Waals surface area contributed by atoms with Crippen LogP contribution in [0.2, 0.25) is 0 Å². The lowest BCUT2D eigenvalue weighted by molar-refractivity contribution is 0.0419. The summed E-state index contributed by atoms with van der Waals surface area (Å²) in [5, 5.41) is 9.72. The molecular formula is C18H23NO2. The third-order valence-electron chi connectivity index (χ3n) is 3.40. The molecule has 0 bridgehead atoms. The Kier molecular flexibility index (Phi) is 5.93. The van der Waals surface area contributed by atoms with Crippen LogP contribution in [0.25, 0.3) is 11.1 Å². The Hall–Kier alpha value is -1.68. The van der Waals surface area contributed by atoms with Crippen LogP contribution in [0.1, 0.15) is 5.56 Å². The van der Waals surface area contributed by atoms with E-state index >= 15 is 0 Å². The number of benzene rings is 2. The van der Waals surface area contributed by atoms with E-state index in [1.807, 2.05) is 25.2 Å². The molecule has 112 valence electrons. The summed E-state index contributed by atoms with van der Waals surface area (Å²) in [7, 11) is 3.61. The summed E-state index contributed by atoms with van der Waals surface area (Å²) in [6.45, 7) is 1.79. The van der Waals surface area contributed by atoms with Gasteiger partial charge in [0.25, 0.3) is 0 Å². The van der Waals surface area contributed by atoms with Crippen LogP contribution in [0, 0.1) is 0 Å². The molecule has 3 nitrogen and oxygen atoms in total. The molecule has 0 aliphatic heterocycles. The number of aliphatic hydroxyl groups is 1. The Labute approximate surface area is 126 Å². The lowest BCUT2D eigenvalue weighted by atomic mass is 10.0. The lowest BCUT2D eigenvalue weighted by Gasteiger charge is -2.20. The summed E-state index contributed by atoms with van der Waals surface area (Å²) in [6.07, 6.45) is -0.441. The fourth-order valence-electron chi connectivity index (χ4n) is 2.41. The summed E-state index contributed by atoms with van der Waals surface area (Å²) in [5.41, 5.74) is 3.69. The van der Waals surface area contributed by atoms with Crippen LogP contribution in [-0.4, -0.2) is 43.4 Å². The lowest BCUT2D eigenvalue weighted by Crippen LogP contribution is -2.31. The van der Waals surface area contributed by atoms with Gasteiger partial charge in [-0.05, 0) is 23.7 Å². The minimum Gasteiger partial charge on any atom is -0.389 e. The number of hydrogen-bond donors (Lipinski definition) is 1. The molecule has 1 atom stereocenters. The van der Waals surface area contributed by atoms with Crippen molar-refractivity contribution in [2.24, 2.45) is 0 Å². The first-order valence-corrected chi connectivity index (χ1v) is 7.19. The molecule has 3 heteroatoms. The van der Waals surface area contributed by atoms with Crippen molar-refractivity contribution in [2.75, 3.05) is 27.3 Å². The topological polar surface area (TPSA) is 32.7 Å². The fourth-order valence-corrected chi connectivity index (χ4v) is 2.41. The van der Waals surface area contributed by atoms with Crippen molar-refractivity contribution in [3.63, 3.8) is 0 Å². The molecule has 0 aromatic heterocycles. The van der Waals surface area contributed by atoms with Gasteiger partial charge in [-0.1, -0.05) is 54.6 Å². The number of rotatable bonds is 7. The summed E-state index contributed by atoms with van der Waals surface area (Å²) in [5.74, 6) is 0. The van der Waals surface area contributed by atoms with Gasteiger partial charge in [0, 0.05) is 20.2 Å². The highest BCUT2D eigenvalue weighted by Crippen LogP contribution is 2.19. The molecule has 0 spiro atoms. The van der Waals surface area contributed by atoms with E-state index in [1.54, 1.807) is 7.11 Å². The number of nitrogens with zero attached hydrogens (tertiary/aromatic N) is 1. The number of aliphatic hydroxyl groups excluding tert-OH is 1. The minimum absolute atomic E-state index is 0.372. The van der Waals surface area contributed by atoms with Crippen LogP contribution in [0.5, 0.6) is 0 Å². The van der Waals surface area contributed by atoms with Crippen LogP contribution in [0.3, 0.4) is 0 Å². The van der Waals surface area contributed by atoms with E-state index in [4.69, 9.17) is 4.74 Å². The van der Waals surface area contributed by atoms with Gasteiger partial charge in [0.1, 0.15) is 0 Å². The van der Waals surface area contributed by atoms with Crippen LogP contribution in [-0.2, 0) is 11.3 Å². The molecule has 0 amide bonds. The molecule has 0 aliphatic rings. The highest BCUT2D eigenvalue weighted by atomic mass is 16.5. The Balaban J connectivity index is 1.93. The second kappa shape index (κ2) is 7.93. The Morgan fingerprint density at radius 3 is 2.24 bits per heavy atom. The van der Waals surface area contributed by atoms with Crippen LogP contribution < -0.4 is 0 Å². The standard InChI is InChI=1S/C18H23NO2/c1-19(13-18(20)14-21-2)12-15-8-10-17(11-9-15)16-6-4-3-5-7-16/h3-11,18,20H,12-14H2,1-2H3. The number of ether oxygens (including phenoxy) is 1. The molecule has 0 heterocycles. The zero-order chi connectivity index (χ0) is 15.1. The normalized spacial score (nSPS) is 12.6. The van der Waals surface area contributed by atoms with E-state index < -0.39 is 6.10 Å². The van der Waals surface area contributed by atoms with Crippen molar-refractivity contribution < 1.29 is 9.84 Å². The predicted octanol–water partition coefficient (Wildman–Crippen LogP) is 2.79. The first-order chi connectivity index (χ1) is 10.2. The van der Waals surface area contributed by atoms with Gasteiger partial charge in [-0.25, -0.2) is 0 Å². The van der Waals surface area contributed by atoms with Crippen molar-refractivity contribution in [3.05, 3.63) is 60.2 Å². The zero-order valence-electron chi connectivity index (χ0n) is 12.7. The van der Waals surface area contributed by atoms with Gasteiger partial charge in [0.2, 0.25) is 0 Å². The number of likely N-dealkylation sites (N-methyl/N-ethyl adjacent to an activating group) is 1. The van der Waals surface area contributed by atoms with Gasteiger partial charge in [0.05, 0.1) is 12.7 Å². The largest absolute Gasteiger partial charge is 0.389 e. The number of hydrogen-bond acceptors (Lipinski definition) is 3. The summed E-state index contributed by atoms with van der Waals surface area (Å²) >= 11 is 0. The molecule has 0 radical (unpaired) electrons. The molecule has 21 heavy (non-hydrogen) atoms. The molecule has 0 aliphatic carbocycles. The summed E-state index contributed by atoms with van der Waals surface area (Å²) < 4.78 is 4.94. The van der Waals surface area contributed by atoms with E-state index in [9.17, 15) is 5.11 Å². The van der Waals surface area contributed by atoms with Gasteiger partial charge in [-0.2, -0.15) is 0 Å². The zero-order valence-corrected chi connectivity index (χ0v) is 12.7. The summed E-state index contributed by atoms with van der Waals surface area (Å²) in [6, 6.07) is 18.9.